The second-order valence-electron chi connectivity index (χ2n) is 6.14. The van der Waals surface area contributed by atoms with Crippen LogP contribution < -0.4 is 4.74 Å². The van der Waals surface area contributed by atoms with Crippen LogP contribution in [0.1, 0.15) is 15.9 Å². The number of likely N-dealkylation sites (N-methyl/N-ethyl adjacent to an activating group) is 1. The molecule has 0 atom stereocenters. The van der Waals surface area contributed by atoms with Crippen LogP contribution in [0, 0.1) is 0 Å². The predicted molar refractivity (Wildman–Crippen MR) is 103 cm³/mol. The molecule has 4 heteroatoms. The van der Waals surface area contributed by atoms with Crippen LogP contribution in [-0.4, -0.2) is 36.5 Å². The Labute approximate surface area is 154 Å². The molecule has 0 spiro atoms. The lowest BCUT2D eigenvalue weighted by atomic mass is 10.0. The van der Waals surface area contributed by atoms with Gasteiger partial charge in [-0.15, -0.1) is 0 Å². The van der Waals surface area contributed by atoms with Crippen LogP contribution in [0.4, 0.5) is 0 Å². The Morgan fingerprint density at radius 2 is 1.73 bits per heavy atom. The van der Waals surface area contributed by atoms with Gasteiger partial charge in [0.05, 0.1) is 7.11 Å². The summed E-state index contributed by atoms with van der Waals surface area (Å²) in [5, 5.41) is 0. The van der Waals surface area contributed by atoms with Crippen molar-refractivity contribution >= 4 is 5.91 Å². The maximum absolute atomic E-state index is 12.6. The first-order valence-corrected chi connectivity index (χ1v) is 8.56. The Bertz CT molecular complexity index is 861. The van der Waals surface area contributed by atoms with Gasteiger partial charge in [-0.25, -0.2) is 0 Å². The maximum atomic E-state index is 12.6. The molecule has 0 radical (unpaired) electrons. The Morgan fingerprint density at radius 3 is 2.42 bits per heavy atom. The number of nitrogens with zero attached hydrogens (tertiary/aromatic N) is 2. The first-order chi connectivity index (χ1) is 12.7. The minimum absolute atomic E-state index is 0.0243. The van der Waals surface area contributed by atoms with E-state index in [-0.39, 0.29) is 5.91 Å². The number of ether oxygens (including phenoxy) is 1. The molecule has 0 bridgehead atoms. The van der Waals surface area contributed by atoms with Gasteiger partial charge in [0.2, 0.25) is 0 Å². The summed E-state index contributed by atoms with van der Waals surface area (Å²) in [6, 6.07) is 19.5. The number of hydrogen-bond donors (Lipinski definition) is 0. The van der Waals surface area contributed by atoms with Gasteiger partial charge in [0, 0.05) is 31.5 Å². The van der Waals surface area contributed by atoms with Crippen molar-refractivity contribution in [2.45, 2.75) is 6.42 Å². The summed E-state index contributed by atoms with van der Waals surface area (Å²) in [7, 11) is 3.49. The lowest BCUT2D eigenvalue weighted by molar-refractivity contribution is 0.0796. The Kier molecular flexibility index (Phi) is 5.64. The highest BCUT2D eigenvalue weighted by Crippen LogP contribution is 2.24. The van der Waals surface area contributed by atoms with Gasteiger partial charge in [-0.1, -0.05) is 24.3 Å². The molecule has 2 aromatic carbocycles. The van der Waals surface area contributed by atoms with E-state index in [1.54, 1.807) is 24.4 Å². The van der Waals surface area contributed by atoms with E-state index in [0.29, 0.717) is 12.1 Å². The quantitative estimate of drug-likeness (QED) is 0.676. The van der Waals surface area contributed by atoms with Crippen LogP contribution in [0.5, 0.6) is 5.75 Å². The smallest absolute Gasteiger partial charge is 0.253 e. The summed E-state index contributed by atoms with van der Waals surface area (Å²) >= 11 is 0. The number of aromatic nitrogens is 1. The molecular formula is C22H22N2O2. The molecule has 0 N–H and O–H groups in total. The lowest BCUT2D eigenvalue weighted by Gasteiger charge is -2.17. The molecule has 0 aliphatic heterocycles. The van der Waals surface area contributed by atoms with E-state index < -0.39 is 0 Å². The molecule has 26 heavy (non-hydrogen) atoms. The van der Waals surface area contributed by atoms with E-state index in [1.165, 1.54) is 5.56 Å². The van der Waals surface area contributed by atoms with E-state index in [1.807, 2.05) is 67.7 Å². The highest BCUT2D eigenvalue weighted by Gasteiger charge is 2.12. The Balaban J connectivity index is 1.66. The first-order valence-electron chi connectivity index (χ1n) is 8.56. The van der Waals surface area contributed by atoms with Crippen molar-refractivity contribution in [1.82, 2.24) is 9.88 Å². The van der Waals surface area contributed by atoms with Crippen LogP contribution in [-0.2, 0) is 6.42 Å². The van der Waals surface area contributed by atoms with E-state index >= 15 is 0 Å². The average Bonchev–Trinajstić information content (AvgIpc) is 2.72. The molecule has 1 heterocycles. The Hall–Kier alpha value is -3.14. The molecule has 0 unspecified atom stereocenters. The summed E-state index contributed by atoms with van der Waals surface area (Å²) in [4.78, 5) is 18.4. The third kappa shape index (κ3) is 4.28. The zero-order valence-corrected chi connectivity index (χ0v) is 15.1. The van der Waals surface area contributed by atoms with E-state index in [4.69, 9.17) is 4.74 Å². The van der Waals surface area contributed by atoms with Crippen molar-refractivity contribution in [2.24, 2.45) is 0 Å². The Morgan fingerprint density at radius 1 is 1.00 bits per heavy atom. The molecule has 1 aromatic heterocycles. The number of carbonyl (C=O) groups is 1. The SMILES string of the molecule is COc1cccc(-c2ccc(C(=O)N(C)CCc3ccncc3)cc2)c1. The molecule has 0 fully saturated rings. The number of rotatable bonds is 6. The van der Waals surface area contributed by atoms with E-state index in [0.717, 1.165) is 23.3 Å². The predicted octanol–water partition coefficient (Wildman–Crippen LogP) is 4.07. The maximum Gasteiger partial charge on any atom is 0.253 e. The van der Waals surface area contributed by atoms with Crippen molar-refractivity contribution < 1.29 is 9.53 Å². The molecule has 0 saturated heterocycles. The zero-order valence-electron chi connectivity index (χ0n) is 15.1. The molecule has 132 valence electrons. The topological polar surface area (TPSA) is 42.4 Å². The van der Waals surface area contributed by atoms with Crippen LogP contribution in [0.25, 0.3) is 11.1 Å². The second kappa shape index (κ2) is 8.30. The van der Waals surface area contributed by atoms with Crippen LogP contribution >= 0.6 is 0 Å². The largest absolute Gasteiger partial charge is 0.497 e. The van der Waals surface area contributed by atoms with Crippen LogP contribution in [0.3, 0.4) is 0 Å². The highest BCUT2D eigenvalue weighted by atomic mass is 16.5. The zero-order chi connectivity index (χ0) is 18.4. The normalized spacial score (nSPS) is 10.4. The second-order valence-corrected chi connectivity index (χ2v) is 6.14. The van der Waals surface area contributed by atoms with Crippen LogP contribution in [0.15, 0.2) is 73.1 Å². The summed E-state index contributed by atoms with van der Waals surface area (Å²) in [5.41, 5.74) is 3.98. The van der Waals surface area contributed by atoms with Gasteiger partial charge in [-0.05, 0) is 59.5 Å². The first kappa shape index (κ1) is 17.7. The fourth-order valence-electron chi connectivity index (χ4n) is 2.78. The van der Waals surface area contributed by atoms with Gasteiger partial charge >= 0.3 is 0 Å². The minimum Gasteiger partial charge on any atom is -0.497 e. The number of amides is 1. The lowest BCUT2D eigenvalue weighted by Crippen LogP contribution is -2.28. The molecular weight excluding hydrogens is 324 g/mol. The summed E-state index contributed by atoms with van der Waals surface area (Å²) in [6.45, 7) is 0.667. The molecule has 3 rings (SSSR count). The van der Waals surface area contributed by atoms with Crippen molar-refractivity contribution in [3.63, 3.8) is 0 Å². The molecule has 0 saturated carbocycles. The van der Waals surface area contributed by atoms with Gasteiger partial charge in [0.1, 0.15) is 5.75 Å². The van der Waals surface area contributed by atoms with Gasteiger partial charge in [-0.3, -0.25) is 9.78 Å². The molecule has 4 nitrogen and oxygen atoms in total. The fourth-order valence-corrected chi connectivity index (χ4v) is 2.78. The summed E-state index contributed by atoms with van der Waals surface area (Å²) in [5.74, 6) is 0.842. The van der Waals surface area contributed by atoms with Gasteiger partial charge in [0.15, 0.2) is 0 Å². The van der Waals surface area contributed by atoms with Crippen molar-refractivity contribution in [1.29, 1.82) is 0 Å². The van der Waals surface area contributed by atoms with Crippen molar-refractivity contribution in [3.8, 4) is 16.9 Å². The number of benzene rings is 2. The van der Waals surface area contributed by atoms with Crippen LogP contribution in [0.2, 0.25) is 0 Å². The monoisotopic (exact) mass is 346 g/mol. The van der Waals surface area contributed by atoms with Gasteiger partial charge in [0.25, 0.3) is 5.91 Å². The minimum atomic E-state index is 0.0243. The third-order valence-electron chi connectivity index (χ3n) is 4.37. The third-order valence-corrected chi connectivity index (χ3v) is 4.37. The van der Waals surface area contributed by atoms with Crippen molar-refractivity contribution in [3.05, 3.63) is 84.2 Å². The van der Waals surface area contributed by atoms with Gasteiger partial charge < -0.3 is 9.64 Å². The van der Waals surface area contributed by atoms with Gasteiger partial charge in [-0.2, -0.15) is 0 Å². The molecule has 0 aliphatic rings. The molecule has 1 amide bonds. The molecule has 0 aliphatic carbocycles. The summed E-state index contributed by atoms with van der Waals surface area (Å²) in [6.07, 6.45) is 4.36. The fraction of sp³-hybridized carbons (Fsp3) is 0.182. The molecule has 3 aromatic rings. The number of pyridine rings is 1. The number of carbonyl (C=O) groups excluding carboxylic acids is 1. The van der Waals surface area contributed by atoms with Crippen molar-refractivity contribution in [2.75, 3.05) is 20.7 Å². The standard InChI is InChI=1S/C22H22N2O2/c1-24(15-12-17-10-13-23-14-11-17)22(25)19-8-6-18(7-9-19)20-4-3-5-21(16-20)26-2/h3-11,13-14,16H,12,15H2,1-2H3. The number of hydrogen-bond acceptors (Lipinski definition) is 3. The summed E-state index contributed by atoms with van der Waals surface area (Å²) < 4.78 is 5.27. The van der Waals surface area contributed by atoms with E-state index in [9.17, 15) is 4.79 Å². The average molecular weight is 346 g/mol. The van der Waals surface area contributed by atoms with E-state index in [2.05, 4.69) is 4.98 Å². The highest BCUT2D eigenvalue weighted by molar-refractivity contribution is 5.94. The number of methoxy groups -OCH3 is 1.